The summed E-state index contributed by atoms with van der Waals surface area (Å²) in [6, 6.07) is 5.79. The topological polar surface area (TPSA) is 53.1 Å². The summed E-state index contributed by atoms with van der Waals surface area (Å²) in [5.41, 5.74) is 6.64. The van der Waals surface area contributed by atoms with Crippen molar-refractivity contribution in [2.75, 3.05) is 0 Å². The van der Waals surface area contributed by atoms with Crippen molar-refractivity contribution in [3.63, 3.8) is 0 Å². The van der Waals surface area contributed by atoms with E-state index in [1.54, 1.807) is 6.20 Å². The van der Waals surface area contributed by atoms with Crippen molar-refractivity contribution in [2.24, 2.45) is 5.73 Å². The molecule has 0 fully saturated rings. The van der Waals surface area contributed by atoms with Gasteiger partial charge in [-0.1, -0.05) is 15.9 Å². The minimum atomic E-state index is 0.441. The van der Waals surface area contributed by atoms with Crippen molar-refractivity contribution in [1.29, 1.82) is 0 Å². The number of halogens is 1. The van der Waals surface area contributed by atoms with E-state index in [1.807, 2.05) is 36.0 Å². The van der Waals surface area contributed by atoms with Gasteiger partial charge in [-0.15, -0.1) is 0 Å². The molecule has 0 bridgehead atoms. The van der Waals surface area contributed by atoms with Gasteiger partial charge in [0.25, 0.3) is 0 Å². The molecule has 0 saturated carbocycles. The van der Waals surface area contributed by atoms with Crippen molar-refractivity contribution in [3.8, 4) is 11.5 Å². The van der Waals surface area contributed by atoms with Gasteiger partial charge in [0.1, 0.15) is 5.75 Å². The third-order valence-corrected chi connectivity index (χ3v) is 2.90. The van der Waals surface area contributed by atoms with Crippen molar-refractivity contribution in [1.82, 2.24) is 9.78 Å². The van der Waals surface area contributed by atoms with Crippen LogP contribution in [0.5, 0.6) is 11.5 Å². The fraction of sp³-hybridized carbons (Fsp3) is 0.250. The van der Waals surface area contributed by atoms with Crippen LogP contribution in [-0.4, -0.2) is 9.78 Å². The van der Waals surface area contributed by atoms with Crippen LogP contribution in [0.3, 0.4) is 0 Å². The Hall–Kier alpha value is -1.33. The molecule has 0 radical (unpaired) electrons. The predicted octanol–water partition coefficient (Wildman–Crippen LogP) is 2.92. The molecule has 2 N–H and O–H groups in total. The molecule has 4 nitrogen and oxygen atoms in total. The number of benzene rings is 1. The number of rotatable bonds is 4. The van der Waals surface area contributed by atoms with Crippen molar-refractivity contribution in [2.45, 2.75) is 20.0 Å². The molecule has 2 rings (SSSR count). The molecule has 0 atom stereocenters. The summed E-state index contributed by atoms with van der Waals surface area (Å²) in [7, 11) is 0. The van der Waals surface area contributed by atoms with E-state index in [1.165, 1.54) is 0 Å². The Bertz CT molecular complexity index is 510. The average molecular weight is 296 g/mol. The monoisotopic (exact) mass is 295 g/mol. The van der Waals surface area contributed by atoms with Gasteiger partial charge in [0.15, 0.2) is 5.75 Å². The Balaban J connectivity index is 2.23. The molecule has 5 heteroatoms. The summed E-state index contributed by atoms with van der Waals surface area (Å²) >= 11 is 3.41. The Morgan fingerprint density at radius 1 is 1.47 bits per heavy atom. The maximum absolute atomic E-state index is 5.75. The molecule has 1 aromatic carbocycles. The van der Waals surface area contributed by atoms with E-state index in [-0.39, 0.29) is 0 Å². The molecule has 0 spiro atoms. The Morgan fingerprint density at radius 3 is 2.94 bits per heavy atom. The second kappa shape index (κ2) is 5.33. The first kappa shape index (κ1) is 12.1. The molecular formula is C12H14BrN3O. The lowest BCUT2D eigenvalue weighted by Gasteiger charge is -2.08. The zero-order valence-corrected chi connectivity index (χ0v) is 11.1. The van der Waals surface area contributed by atoms with Crippen LogP contribution in [0.4, 0.5) is 0 Å². The molecule has 17 heavy (non-hydrogen) atoms. The fourth-order valence-electron chi connectivity index (χ4n) is 1.50. The van der Waals surface area contributed by atoms with E-state index in [9.17, 15) is 0 Å². The second-order valence-electron chi connectivity index (χ2n) is 3.59. The van der Waals surface area contributed by atoms with Crippen LogP contribution in [0.25, 0.3) is 0 Å². The van der Waals surface area contributed by atoms with E-state index in [2.05, 4.69) is 21.0 Å². The van der Waals surface area contributed by atoms with Crippen molar-refractivity contribution < 1.29 is 4.74 Å². The Kier molecular flexibility index (Phi) is 3.81. The Morgan fingerprint density at radius 2 is 2.29 bits per heavy atom. The van der Waals surface area contributed by atoms with Gasteiger partial charge < -0.3 is 10.5 Å². The highest BCUT2D eigenvalue weighted by Crippen LogP contribution is 2.27. The number of aryl methyl sites for hydroxylation is 1. The van der Waals surface area contributed by atoms with Crippen LogP contribution in [0, 0.1) is 0 Å². The van der Waals surface area contributed by atoms with E-state index in [0.29, 0.717) is 6.54 Å². The molecule has 0 aliphatic rings. The number of aromatic nitrogens is 2. The van der Waals surface area contributed by atoms with Crippen LogP contribution >= 0.6 is 15.9 Å². The smallest absolute Gasteiger partial charge is 0.165 e. The highest BCUT2D eigenvalue weighted by molar-refractivity contribution is 9.10. The van der Waals surface area contributed by atoms with Gasteiger partial charge in [-0.25, -0.2) is 0 Å². The maximum atomic E-state index is 5.75. The lowest BCUT2D eigenvalue weighted by Crippen LogP contribution is -1.99. The first-order valence-electron chi connectivity index (χ1n) is 5.41. The number of nitrogens with two attached hydrogens (primary N) is 1. The average Bonchev–Trinajstić information content (AvgIpc) is 2.79. The van der Waals surface area contributed by atoms with Crippen LogP contribution in [0.1, 0.15) is 12.5 Å². The van der Waals surface area contributed by atoms with E-state index >= 15 is 0 Å². The molecule has 90 valence electrons. The van der Waals surface area contributed by atoms with Gasteiger partial charge in [-0.05, 0) is 25.1 Å². The predicted molar refractivity (Wildman–Crippen MR) is 70.0 cm³/mol. The van der Waals surface area contributed by atoms with Gasteiger partial charge in [0.05, 0.1) is 12.4 Å². The zero-order valence-electron chi connectivity index (χ0n) is 9.56. The van der Waals surface area contributed by atoms with Gasteiger partial charge in [0, 0.05) is 23.1 Å². The molecule has 1 heterocycles. The van der Waals surface area contributed by atoms with Crippen LogP contribution in [0.2, 0.25) is 0 Å². The van der Waals surface area contributed by atoms with Gasteiger partial charge in [-0.3, -0.25) is 4.68 Å². The third-order valence-electron chi connectivity index (χ3n) is 2.40. The fourth-order valence-corrected chi connectivity index (χ4v) is 1.91. The van der Waals surface area contributed by atoms with E-state index in [4.69, 9.17) is 10.5 Å². The Labute approximate surface area is 109 Å². The summed E-state index contributed by atoms with van der Waals surface area (Å²) < 4.78 is 8.56. The van der Waals surface area contributed by atoms with Crippen LogP contribution in [-0.2, 0) is 13.1 Å². The van der Waals surface area contributed by atoms with Crippen molar-refractivity contribution >= 4 is 15.9 Å². The third kappa shape index (κ3) is 2.87. The number of nitrogens with zero attached hydrogens (tertiary/aromatic N) is 2. The second-order valence-corrected chi connectivity index (χ2v) is 4.51. The molecular weight excluding hydrogens is 282 g/mol. The first-order chi connectivity index (χ1) is 8.22. The quantitative estimate of drug-likeness (QED) is 0.943. The lowest BCUT2D eigenvalue weighted by molar-refractivity contribution is 0.475. The molecule has 1 aromatic heterocycles. The summed E-state index contributed by atoms with van der Waals surface area (Å²) in [5.74, 6) is 1.50. The van der Waals surface area contributed by atoms with Gasteiger partial charge in [-0.2, -0.15) is 5.10 Å². The van der Waals surface area contributed by atoms with Crippen molar-refractivity contribution in [3.05, 3.63) is 40.6 Å². The largest absolute Gasteiger partial charge is 0.454 e. The standard InChI is InChI=1S/C12H14BrN3O/c1-2-16-8-11(7-15-16)17-12-4-3-10(13)5-9(12)6-14/h3-5,7-8H,2,6,14H2,1H3. The maximum Gasteiger partial charge on any atom is 0.165 e. The minimum absolute atomic E-state index is 0.441. The summed E-state index contributed by atoms with van der Waals surface area (Å²) in [6.45, 7) is 3.30. The number of hydrogen-bond donors (Lipinski definition) is 1. The summed E-state index contributed by atoms with van der Waals surface area (Å²) in [4.78, 5) is 0. The van der Waals surface area contributed by atoms with Crippen LogP contribution in [0.15, 0.2) is 35.1 Å². The highest BCUT2D eigenvalue weighted by atomic mass is 79.9. The number of hydrogen-bond acceptors (Lipinski definition) is 3. The summed E-state index contributed by atoms with van der Waals surface area (Å²) in [6.07, 6.45) is 3.56. The SMILES string of the molecule is CCn1cc(Oc2ccc(Br)cc2CN)cn1. The molecule has 0 aliphatic carbocycles. The molecule has 0 saturated heterocycles. The molecule has 0 aliphatic heterocycles. The first-order valence-corrected chi connectivity index (χ1v) is 6.21. The highest BCUT2D eigenvalue weighted by Gasteiger charge is 2.06. The molecule has 2 aromatic rings. The zero-order chi connectivity index (χ0) is 12.3. The van der Waals surface area contributed by atoms with E-state index < -0.39 is 0 Å². The van der Waals surface area contributed by atoms with Gasteiger partial charge >= 0.3 is 0 Å². The van der Waals surface area contributed by atoms with E-state index in [0.717, 1.165) is 28.1 Å². The lowest BCUT2D eigenvalue weighted by atomic mass is 10.2. The number of ether oxygens (including phenoxy) is 1. The summed E-state index contributed by atoms with van der Waals surface area (Å²) in [5, 5.41) is 4.16. The van der Waals surface area contributed by atoms with Crippen LogP contribution < -0.4 is 10.5 Å². The minimum Gasteiger partial charge on any atom is -0.454 e. The normalized spacial score (nSPS) is 10.5. The molecule has 0 amide bonds. The van der Waals surface area contributed by atoms with Gasteiger partial charge in [0.2, 0.25) is 0 Å². The molecule has 0 unspecified atom stereocenters.